The lowest BCUT2D eigenvalue weighted by Gasteiger charge is -2.30. The first-order valence-electron chi connectivity index (χ1n) is 7.38. The zero-order valence-corrected chi connectivity index (χ0v) is 13.3. The van der Waals surface area contributed by atoms with Gasteiger partial charge in [-0.25, -0.2) is 0 Å². The van der Waals surface area contributed by atoms with Crippen molar-refractivity contribution in [3.05, 3.63) is 35.9 Å². The van der Waals surface area contributed by atoms with Gasteiger partial charge in [0.1, 0.15) is 6.29 Å². The number of rotatable bonds is 8. The Bertz CT molecular complexity index is 511. The van der Waals surface area contributed by atoms with E-state index in [-0.39, 0.29) is 18.3 Å². The second-order valence-corrected chi connectivity index (χ2v) is 5.67. The van der Waals surface area contributed by atoms with Crippen LogP contribution < -0.4 is 5.32 Å². The number of benzene rings is 1. The Balaban J connectivity index is 2.76. The van der Waals surface area contributed by atoms with E-state index in [1.165, 1.54) is 0 Å². The molecule has 120 valence electrons. The minimum atomic E-state index is -0.767. The van der Waals surface area contributed by atoms with Crippen LogP contribution in [0.4, 0.5) is 0 Å². The normalized spacial score (nSPS) is 12.3. The molecule has 0 unspecified atom stereocenters. The number of carbonyl (C=O) groups is 3. The summed E-state index contributed by atoms with van der Waals surface area (Å²) in [4.78, 5) is 35.0. The van der Waals surface area contributed by atoms with E-state index in [1.807, 2.05) is 6.07 Å². The van der Waals surface area contributed by atoms with E-state index in [0.29, 0.717) is 18.6 Å². The summed E-state index contributed by atoms with van der Waals surface area (Å²) in [5.74, 6) is -0.590. The van der Waals surface area contributed by atoms with Crippen molar-refractivity contribution < 1.29 is 19.1 Å². The molecule has 1 rings (SSSR count). The lowest BCUT2D eigenvalue weighted by molar-refractivity contribution is -0.143. The Morgan fingerprint density at radius 1 is 1.27 bits per heavy atom. The van der Waals surface area contributed by atoms with Crippen LogP contribution in [0.3, 0.4) is 0 Å². The van der Waals surface area contributed by atoms with Crippen molar-refractivity contribution in [3.8, 4) is 0 Å². The highest BCUT2D eigenvalue weighted by molar-refractivity contribution is 5.94. The number of aldehydes is 1. The van der Waals surface area contributed by atoms with Crippen LogP contribution in [0, 0.1) is 5.41 Å². The molecular weight excluding hydrogens is 282 g/mol. The van der Waals surface area contributed by atoms with Crippen LogP contribution >= 0.6 is 0 Å². The fourth-order valence-electron chi connectivity index (χ4n) is 2.04. The van der Waals surface area contributed by atoms with Crippen molar-refractivity contribution in [1.82, 2.24) is 5.32 Å². The van der Waals surface area contributed by atoms with Crippen LogP contribution in [-0.2, 0) is 14.3 Å². The molecule has 0 aliphatic heterocycles. The molecule has 5 nitrogen and oxygen atoms in total. The number of hydrogen-bond acceptors (Lipinski definition) is 4. The number of nitrogens with one attached hydrogen (secondary N) is 1. The lowest BCUT2D eigenvalue weighted by Crippen LogP contribution is -2.46. The topological polar surface area (TPSA) is 72.5 Å². The molecule has 1 atom stereocenters. The quantitative estimate of drug-likeness (QED) is 0.591. The molecule has 5 heteroatoms. The Morgan fingerprint density at radius 2 is 1.91 bits per heavy atom. The maximum absolute atomic E-state index is 12.2. The number of ether oxygens (including phenoxy) is 1. The second kappa shape index (κ2) is 8.32. The molecule has 0 aromatic heterocycles. The molecule has 0 fully saturated rings. The van der Waals surface area contributed by atoms with E-state index in [4.69, 9.17) is 4.74 Å². The van der Waals surface area contributed by atoms with Gasteiger partial charge in [0, 0.05) is 23.4 Å². The molecule has 22 heavy (non-hydrogen) atoms. The molecule has 0 heterocycles. The van der Waals surface area contributed by atoms with Crippen molar-refractivity contribution in [2.45, 2.75) is 39.7 Å². The Kier molecular flexibility index (Phi) is 6.76. The van der Waals surface area contributed by atoms with Gasteiger partial charge >= 0.3 is 5.97 Å². The smallest absolute Gasteiger partial charge is 0.305 e. The maximum Gasteiger partial charge on any atom is 0.305 e. The fourth-order valence-corrected chi connectivity index (χ4v) is 2.04. The van der Waals surface area contributed by atoms with Crippen LogP contribution in [-0.4, -0.2) is 30.8 Å². The molecule has 1 aromatic rings. The number of hydrogen-bond donors (Lipinski definition) is 1. The van der Waals surface area contributed by atoms with Crippen molar-refractivity contribution in [1.29, 1.82) is 0 Å². The summed E-state index contributed by atoms with van der Waals surface area (Å²) in [5, 5.41) is 2.84. The van der Waals surface area contributed by atoms with Crippen molar-refractivity contribution in [2.75, 3.05) is 6.61 Å². The largest absolute Gasteiger partial charge is 0.466 e. The SMILES string of the molecule is CCOC(=O)CC[C@H](NC(=O)c1ccccc1)C(C)(C)C=O. The predicted molar refractivity (Wildman–Crippen MR) is 83.4 cm³/mol. The van der Waals surface area contributed by atoms with E-state index in [2.05, 4.69) is 5.32 Å². The van der Waals surface area contributed by atoms with Gasteiger partial charge in [-0.15, -0.1) is 0 Å². The molecule has 0 radical (unpaired) electrons. The average Bonchev–Trinajstić information content (AvgIpc) is 2.52. The highest BCUT2D eigenvalue weighted by Gasteiger charge is 2.31. The van der Waals surface area contributed by atoms with Gasteiger partial charge in [0.25, 0.3) is 5.91 Å². The molecule has 0 aliphatic carbocycles. The molecule has 1 N–H and O–H groups in total. The monoisotopic (exact) mass is 305 g/mol. The summed E-state index contributed by atoms with van der Waals surface area (Å²) < 4.78 is 4.89. The van der Waals surface area contributed by atoms with Gasteiger partial charge in [-0.2, -0.15) is 0 Å². The minimum Gasteiger partial charge on any atom is -0.466 e. The third-order valence-electron chi connectivity index (χ3n) is 3.49. The van der Waals surface area contributed by atoms with Crippen molar-refractivity contribution in [2.24, 2.45) is 5.41 Å². The number of amides is 1. The van der Waals surface area contributed by atoms with E-state index < -0.39 is 11.5 Å². The zero-order valence-electron chi connectivity index (χ0n) is 13.3. The van der Waals surface area contributed by atoms with E-state index >= 15 is 0 Å². The van der Waals surface area contributed by atoms with Gasteiger partial charge < -0.3 is 14.8 Å². The first-order valence-corrected chi connectivity index (χ1v) is 7.38. The third kappa shape index (κ3) is 5.31. The molecule has 0 saturated heterocycles. The molecule has 0 saturated carbocycles. The van der Waals surface area contributed by atoms with Crippen molar-refractivity contribution >= 4 is 18.2 Å². The molecule has 1 aromatic carbocycles. The summed E-state index contributed by atoms with van der Waals surface area (Å²) in [5.41, 5.74) is -0.248. The minimum absolute atomic E-state index is 0.158. The van der Waals surface area contributed by atoms with Gasteiger partial charge in [0.15, 0.2) is 0 Å². The summed E-state index contributed by atoms with van der Waals surface area (Å²) >= 11 is 0. The first-order chi connectivity index (χ1) is 10.4. The summed E-state index contributed by atoms with van der Waals surface area (Å²) in [7, 11) is 0. The van der Waals surface area contributed by atoms with Crippen LogP contribution in [0.1, 0.15) is 44.0 Å². The highest BCUT2D eigenvalue weighted by atomic mass is 16.5. The lowest BCUT2D eigenvalue weighted by atomic mass is 9.83. The fraction of sp³-hybridized carbons (Fsp3) is 0.471. The van der Waals surface area contributed by atoms with Gasteiger partial charge in [0.2, 0.25) is 0 Å². The predicted octanol–water partition coefficient (Wildman–Crippen LogP) is 2.35. The number of esters is 1. The molecule has 0 bridgehead atoms. The van der Waals surface area contributed by atoms with Crippen LogP contribution in [0.15, 0.2) is 30.3 Å². The van der Waals surface area contributed by atoms with Gasteiger partial charge in [-0.3, -0.25) is 9.59 Å². The van der Waals surface area contributed by atoms with Crippen molar-refractivity contribution in [3.63, 3.8) is 0 Å². The third-order valence-corrected chi connectivity index (χ3v) is 3.49. The average molecular weight is 305 g/mol. The molecular formula is C17H23NO4. The van der Waals surface area contributed by atoms with E-state index in [0.717, 1.165) is 6.29 Å². The summed E-state index contributed by atoms with van der Waals surface area (Å²) in [6.45, 7) is 5.53. The summed E-state index contributed by atoms with van der Waals surface area (Å²) in [6.07, 6.45) is 1.31. The van der Waals surface area contributed by atoms with Gasteiger partial charge in [-0.1, -0.05) is 32.0 Å². The Labute approximate surface area is 131 Å². The van der Waals surface area contributed by atoms with Gasteiger partial charge in [-0.05, 0) is 25.5 Å². The number of carbonyl (C=O) groups excluding carboxylic acids is 3. The molecule has 0 aliphatic rings. The zero-order chi connectivity index (χ0) is 16.6. The standard InChI is InChI=1S/C17H23NO4/c1-4-22-15(20)11-10-14(17(2,3)12-19)18-16(21)13-8-6-5-7-9-13/h5-9,12,14H,4,10-11H2,1-3H3,(H,18,21)/t14-/m0/s1. The van der Waals surface area contributed by atoms with E-state index in [9.17, 15) is 14.4 Å². The van der Waals surface area contributed by atoms with Crippen LogP contribution in [0.5, 0.6) is 0 Å². The molecule has 0 spiro atoms. The first kappa shape index (κ1) is 17.9. The summed E-state index contributed by atoms with van der Waals surface area (Å²) in [6, 6.07) is 8.32. The Hall–Kier alpha value is -2.17. The molecule has 1 amide bonds. The van der Waals surface area contributed by atoms with E-state index in [1.54, 1.807) is 45.0 Å². The second-order valence-electron chi connectivity index (χ2n) is 5.67. The highest BCUT2D eigenvalue weighted by Crippen LogP contribution is 2.22. The Morgan fingerprint density at radius 3 is 2.45 bits per heavy atom. The van der Waals surface area contributed by atoms with Crippen LogP contribution in [0.2, 0.25) is 0 Å². The van der Waals surface area contributed by atoms with Crippen LogP contribution in [0.25, 0.3) is 0 Å². The van der Waals surface area contributed by atoms with Gasteiger partial charge in [0.05, 0.1) is 6.61 Å². The maximum atomic E-state index is 12.2.